The number of carbonyl (C=O) groups excluding carboxylic acids is 1. The molecule has 39 heavy (non-hydrogen) atoms. The zero-order valence-electron chi connectivity index (χ0n) is 20.6. The Morgan fingerprint density at radius 3 is 2.36 bits per heavy atom. The summed E-state index contributed by atoms with van der Waals surface area (Å²) < 4.78 is 68.1. The summed E-state index contributed by atoms with van der Waals surface area (Å²) in [7, 11) is -3.73. The Morgan fingerprint density at radius 2 is 1.72 bits per heavy atom. The molecule has 1 aromatic carbocycles. The number of nitrogens with zero attached hydrogens (tertiary/aromatic N) is 3. The number of amides is 1. The standard InChI is InChI=1S/C26H25F3N6O3S/c27-26(28,29)23(15-22(30)19-7-5-11-31-16-19)33-20-9-10-24(32-17-20)34-25(36)18-6-4-8-21(14-18)39(37,38)35-12-2-1-3-13-35/h4-11,14-17,30,33H,1-3,12-13H2,(H,32,34,36)/b23-15-,30-22?. The molecule has 3 heterocycles. The minimum absolute atomic E-state index is 0.00729. The molecule has 3 N–H and O–H groups in total. The van der Waals surface area contributed by atoms with Gasteiger partial charge in [0.05, 0.1) is 22.5 Å². The maximum atomic E-state index is 13.6. The van der Waals surface area contributed by atoms with E-state index < -0.39 is 27.8 Å². The quantitative estimate of drug-likeness (QED) is 0.340. The van der Waals surface area contributed by atoms with Crippen molar-refractivity contribution in [1.29, 1.82) is 5.41 Å². The number of nitrogens with one attached hydrogen (secondary N) is 3. The third-order valence-electron chi connectivity index (χ3n) is 5.90. The van der Waals surface area contributed by atoms with Gasteiger partial charge in [0.25, 0.3) is 5.91 Å². The first-order chi connectivity index (χ1) is 18.5. The van der Waals surface area contributed by atoms with E-state index in [1.807, 2.05) is 0 Å². The van der Waals surface area contributed by atoms with Gasteiger partial charge in [-0.05, 0) is 61.4 Å². The number of carbonyl (C=O) groups is 1. The summed E-state index contributed by atoms with van der Waals surface area (Å²) in [5, 5.41) is 12.7. The number of benzene rings is 1. The predicted octanol–water partition coefficient (Wildman–Crippen LogP) is 4.83. The van der Waals surface area contributed by atoms with E-state index >= 15 is 0 Å². The van der Waals surface area contributed by atoms with Gasteiger partial charge in [-0.3, -0.25) is 9.78 Å². The molecule has 1 amide bonds. The SMILES string of the molecule is N=C(/C=C(\Nc1ccc(NC(=O)c2cccc(S(=O)(=O)N3CCCCC3)c2)nc1)C(F)(F)F)c1cccnc1. The van der Waals surface area contributed by atoms with Crippen LogP contribution in [-0.4, -0.2) is 53.6 Å². The van der Waals surface area contributed by atoms with Crippen molar-refractivity contribution in [3.05, 3.63) is 90.0 Å². The molecule has 9 nitrogen and oxygen atoms in total. The lowest BCUT2D eigenvalue weighted by Gasteiger charge is -2.26. The summed E-state index contributed by atoms with van der Waals surface area (Å²) >= 11 is 0. The molecule has 0 aliphatic carbocycles. The van der Waals surface area contributed by atoms with Crippen LogP contribution in [0.1, 0.15) is 35.2 Å². The number of hydrogen-bond donors (Lipinski definition) is 3. The number of alkyl halides is 3. The zero-order chi connectivity index (χ0) is 28.0. The second-order valence-electron chi connectivity index (χ2n) is 8.71. The Morgan fingerprint density at radius 1 is 0.974 bits per heavy atom. The molecule has 13 heteroatoms. The van der Waals surface area contributed by atoms with Gasteiger partial charge in [0.2, 0.25) is 10.0 Å². The molecule has 0 bridgehead atoms. The second kappa shape index (κ2) is 11.7. The van der Waals surface area contributed by atoms with E-state index in [4.69, 9.17) is 5.41 Å². The molecule has 0 atom stereocenters. The Bertz CT molecular complexity index is 1470. The van der Waals surface area contributed by atoms with E-state index in [0.29, 0.717) is 19.2 Å². The number of piperidine rings is 1. The number of anilines is 2. The van der Waals surface area contributed by atoms with Gasteiger partial charge in [-0.25, -0.2) is 13.4 Å². The van der Waals surface area contributed by atoms with Crippen LogP contribution in [0.5, 0.6) is 0 Å². The fourth-order valence-corrected chi connectivity index (χ4v) is 5.44. The highest BCUT2D eigenvalue weighted by molar-refractivity contribution is 7.89. The van der Waals surface area contributed by atoms with Crippen molar-refractivity contribution < 1.29 is 26.4 Å². The van der Waals surface area contributed by atoms with Crippen molar-refractivity contribution in [1.82, 2.24) is 14.3 Å². The van der Waals surface area contributed by atoms with Gasteiger partial charge in [0, 0.05) is 36.6 Å². The molecule has 204 valence electrons. The van der Waals surface area contributed by atoms with Crippen molar-refractivity contribution in [3.8, 4) is 0 Å². The number of hydrogen-bond acceptors (Lipinski definition) is 7. The lowest BCUT2D eigenvalue weighted by atomic mass is 10.1. The van der Waals surface area contributed by atoms with Gasteiger partial charge >= 0.3 is 6.18 Å². The van der Waals surface area contributed by atoms with Crippen LogP contribution in [0.3, 0.4) is 0 Å². The third-order valence-corrected chi connectivity index (χ3v) is 7.79. The van der Waals surface area contributed by atoms with Gasteiger partial charge < -0.3 is 16.0 Å². The molecule has 1 fully saturated rings. The monoisotopic (exact) mass is 558 g/mol. The Hall–Kier alpha value is -4.10. The minimum atomic E-state index is -4.78. The molecule has 0 unspecified atom stereocenters. The Balaban J connectivity index is 1.45. The topological polar surface area (TPSA) is 128 Å². The van der Waals surface area contributed by atoms with Crippen molar-refractivity contribution >= 4 is 33.1 Å². The van der Waals surface area contributed by atoms with Crippen LogP contribution in [0.2, 0.25) is 0 Å². The van der Waals surface area contributed by atoms with Crippen molar-refractivity contribution in [2.45, 2.75) is 30.3 Å². The van der Waals surface area contributed by atoms with E-state index in [1.165, 1.54) is 65.2 Å². The van der Waals surface area contributed by atoms with E-state index in [0.717, 1.165) is 25.5 Å². The second-order valence-corrected chi connectivity index (χ2v) is 10.7. The largest absolute Gasteiger partial charge is 0.431 e. The summed E-state index contributed by atoms with van der Waals surface area (Å²) in [6.45, 7) is 0.859. The van der Waals surface area contributed by atoms with E-state index in [-0.39, 0.29) is 33.2 Å². The van der Waals surface area contributed by atoms with Crippen LogP contribution in [0.25, 0.3) is 0 Å². The highest BCUT2D eigenvalue weighted by Crippen LogP contribution is 2.28. The van der Waals surface area contributed by atoms with Crippen molar-refractivity contribution in [2.24, 2.45) is 0 Å². The van der Waals surface area contributed by atoms with Crippen LogP contribution >= 0.6 is 0 Å². The lowest BCUT2D eigenvalue weighted by molar-refractivity contribution is -0.0901. The first kappa shape index (κ1) is 27.9. The molecule has 1 aliphatic rings. The number of halogens is 3. The Labute approximate surface area is 223 Å². The molecule has 3 aromatic rings. The van der Waals surface area contributed by atoms with Crippen LogP contribution in [0.4, 0.5) is 24.7 Å². The fraction of sp³-hybridized carbons (Fsp3) is 0.231. The number of pyridine rings is 2. The first-order valence-electron chi connectivity index (χ1n) is 12.0. The molecule has 2 aromatic heterocycles. The molecule has 0 saturated carbocycles. The smallest absolute Gasteiger partial charge is 0.350 e. The summed E-state index contributed by atoms with van der Waals surface area (Å²) in [6.07, 6.45) is 2.23. The lowest BCUT2D eigenvalue weighted by Crippen LogP contribution is -2.35. The third kappa shape index (κ3) is 7.06. The van der Waals surface area contributed by atoms with E-state index in [1.54, 1.807) is 0 Å². The van der Waals surface area contributed by atoms with Gasteiger partial charge in [0.1, 0.15) is 11.5 Å². The average molecular weight is 559 g/mol. The molecule has 0 radical (unpaired) electrons. The highest BCUT2D eigenvalue weighted by atomic mass is 32.2. The van der Waals surface area contributed by atoms with Gasteiger partial charge in [-0.15, -0.1) is 0 Å². The fourth-order valence-electron chi connectivity index (χ4n) is 3.88. The molecular weight excluding hydrogens is 533 g/mol. The van der Waals surface area contributed by atoms with Crippen molar-refractivity contribution in [3.63, 3.8) is 0 Å². The zero-order valence-corrected chi connectivity index (χ0v) is 21.4. The van der Waals surface area contributed by atoms with E-state index in [2.05, 4.69) is 20.6 Å². The molecule has 4 rings (SSSR count). The number of sulfonamides is 1. The van der Waals surface area contributed by atoms with Crippen molar-refractivity contribution in [2.75, 3.05) is 23.7 Å². The molecule has 1 saturated heterocycles. The van der Waals surface area contributed by atoms with Gasteiger partial charge in [-0.2, -0.15) is 17.5 Å². The van der Waals surface area contributed by atoms with Crippen LogP contribution in [0, 0.1) is 5.41 Å². The summed E-state index contributed by atoms with van der Waals surface area (Å²) in [5.74, 6) is -0.574. The maximum Gasteiger partial charge on any atom is 0.431 e. The molecule has 0 spiro atoms. The number of aromatic nitrogens is 2. The van der Waals surface area contributed by atoms with Gasteiger partial charge in [0.15, 0.2) is 0 Å². The first-order valence-corrected chi connectivity index (χ1v) is 13.4. The van der Waals surface area contributed by atoms with Crippen LogP contribution < -0.4 is 10.6 Å². The average Bonchev–Trinajstić information content (AvgIpc) is 2.94. The highest BCUT2D eigenvalue weighted by Gasteiger charge is 2.34. The molecular formula is C26H25F3N6O3S. The maximum absolute atomic E-state index is 13.6. The summed E-state index contributed by atoms with van der Waals surface area (Å²) in [5.41, 5.74) is -1.28. The Kier molecular flexibility index (Phi) is 8.41. The predicted molar refractivity (Wildman–Crippen MR) is 140 cm³/mol. The van der Waals surface area contributed by atoms with Gasteiger partial charge in [-0.1, -0.05) is 12.5 Å². The summed E-state index contributed by atoms with van der Waals surface area (Å²) in [6, 6.07) is 11.2. The van der Waals surface area contributed by atoms with E-state index in [9.17, 15) is 26.4 Å². The van der Waals surface area contributed by atoms with Crippen LogP contribution in [0.15, 0.2) is 83.8 Å². The normalized spacial score (nSPS) is 15.0. The van der Waals surface area contributed by atoms with Crippen LogP contribution in [-0.2, 0) is 10.0 Å². The molecule has 1 aliphatic heterocycles. The minimum Gasteiger partial charge on any atom is -0.350 e. The number of rotatable bonds is 8. The summed E-state index contributed by atoms with van der Waals surface area (Å²) in [4.78, 5) is 20.6. The number of allylic oxidation sites excluding steroid dienone is 2.